The lowest BCUT2D eigenvalue weighted by molar-refractivity contribution is -0.162. The third-order valence-corrected chi connectivity index (χ3v) is 9.82. The molecule has 340 valence electrons. The molecule has 1 atom stereocenters. The van der Waals surface area contributed by atoms with Gasteiger partial charge >= 0.3 is 11.9 Å². The van der Waals surface area contributed by atoms with Gasteiger partial charge in [-0.2, -0.15) is 0 Å². The summed E-state index contributed by atoms with van der Waals surface area (Å²) in [6, 6.07) is 0. The quantitative estimate of drug-likeness (QED) is 0.0348. The molecule has 0 N–H and O–H groups in total. The fourth-order valence-corrected chi connectivity index (χ4v) is 6.25. The van der Waals surface area contributed by atoms with Gasteiger partial charge in [-0.1, -0.05) is 207 Å². The Morgan fingerprint density at radius 1 is 0.383 bits per heavy atom. The van der Waals surface area contributed by atoms with Crippen LogP contribution >= 0.6 is 0 Å². The molecule has 0 aromatic rings. The Kier molecular flexibility index (Phi) is 47.1. The number of esters is 2. The molecule has 0 radical (unpaired) electrons. The molecule has 60 heavy (non-hydrogen) atoms. The zero-order valence-corrected chi connectivity index (χ0v) is 38.9. The minimum atomic E-state index is -0.577. The van der Waals surface area contributed by atoms with E-state index >= 15 is 0 Å². The summed E-state index contributed by atoms with van der Waals surface area (Å²) in [6.07, 6.45) is 68.2. The Bertz CT molecular complexity index is 1210. The molecule has 0 aliphatic rings. The van der Waals surface area contributed by atoms with Crippen LogP contribution in [-0.2, 0) is 23.8 Å². The Morgan fingerprint density at radius 2 is 0.783 bits per heavy atom. The van der Waals surface area contributed by atoms with E-state index in [9.17, 15) is 9.59 Å². The Hall–Kier alpha value is -3.44. The van der Waals surface area contributed by atoms with Crippen LogP contribution in [-0.4, -0.2) is 37.9 Å². The van der Waals surface area contributed by atoms with Crippen molar-refractivity contribution in [1.29, 1.82) is 0 Å². The van der Waals surface area contributed by atoms with E-state index in [1.807, 2.05) is 6.08 Å². The van der Waals surface area contributed by atoms with Crippen molar-refractivity contribution in [3.8, 4) is 0 Å². The molecule has 0 heterocycles. The van der Waals surface area contributed by atoms with Gasteiger partial charge in [0.15, 0.2) is 6.10 Å². The molecular formula is C55H90O5. The molecule has 0 rings (SSSR count). The number of hydrogen-bond acceptors (Lipinski definition) is 5. The first-order valence-electron chi connectivity index (χ1n) is 24.4. The topological polar surface area (TPSA) is 61.8 Å². The van der Waals surface area contributed by atoms with Gasteiger partial charge in [-0.25, -0.2) is 0 Å². The molecule has 0 fully saturated rings. The second-order valence-corrected chi connectivity index (χ2v) is 15.6. The highest BCUT2D eigenvalue weighted by Crippen LogP contribution is 2.12. The number of carbonyl (C=O) groups excluding carboxylic acids is 2. The minimum Gasteiger partial charge on any atom is -0.462 e. The van der Waals surface area contributed by atoms with Crippen LogP contribution in [0, 0.1) is 0 Å². The lowest BCUT2D eigenvalue weighted by atomic mass is 10.1. The summed E-state index contributed by atoms with van der Waals surface area (Å²) in [7, 11) is 0. The van der Waals surface area contributed by atoms with Crippen molar-refractivity contribution >= 4 is 11.9 Å². The number of hydrogen-bond donors (Lipinski definition) is 0. The van der Waals surface area contributed by atoms with E-state index in [4.69, 9.17) is 14.2 Å². The maximum absolute atomic E-state index is 12.7. The second-order valence-electron chi connectivity index (χ2n) is 15.6. The first-order chi connectivity index (χ1) is 29.6. The number of allylic oxidation sites excluding steroid dienone is 18. The molecule has 0 saturated heterocycles. The first-order valence-corrected chi connectivity index (χ1v) is 24.4. The molecule has 1 unspecified atom stereocenters. The lowest BCUT2D eigenvalue weighted by Crippen LogP contribution is -2.30. The summed E-state index contributed by atoms with van der Waals surface area (Å²) in [5.74, 6) is -0.510. The molecule has 0 saturated carbocycles. The highest BCUT2D eigenvalue weighted by Gasteiger charge is 2.17. The summed E-state index contributed by atoms with van der Waals surface area (Å²) in [5, 5.41) is 0. The third-order valence-electron chi connectivity index (χ3n) is 9.82. The minimum absolute atomic E-state index is 0.0348. The van der Waals surface area contributed by atoms with E-state index in [0.717, 1.165) is 96.3 Å². The monoisotopic (exact) mass is 831 g/mol. The molecule has 0 aliphatic heterocycles. The van der Waals surface area contributed by atoms with E-state index in [1.54, 1.807) is 0 Å². The van der Waals surface area contributed by atoms with Crippen molar-refractivity contribution < 1.29 is 23.8 Å². The average molecular weight is 831 g/mol. The molecular weight excluding hydrogens is 741 g/mol. The van der Waals surface area contributed by atoms with Crippen LogP contribution in [0.5, 0.6) is 0 Å². The highest BCUT2D eigenvalue weighted by molar-refractivity contribution is 5.70. The van der Waals surface area contributed by atoms with Crippen LogP contribution in [0.1, 0.15) is 201 Å². The fourth-order valence-electron chi connectivity index (χ4n) is 6.25. The van der Waals surface area contributed by atoms with Crippen molar-refractivity contribution in [2.45, 2.75) is 207 Å². The second kappa shape index (κ2) is 49.9. The Balaban J connectivity index is 4.36. The van der Waals surface area contributed by atoms with Gasteiger partial charge in [-0.3, -0.25) is 9.59 Å². The van der Waals surface area contributed by atoms with Crippen LogP contribution in [0.25, 0.3) is 0 Å². The number of rotatable bonds is 43. The molecule has 5 nitrogen and oxygen atoms in total. The third kappa shape index (κ3) is 47.2. The maximum atomic E-state index is 12.7. The predicted molar refractivity (Wildman–Crippen MR) is 260 cm³/mol. The largest absolute Gasteiger partial charge is 0.462 e. The zero-order chi connectivity index (χ0) is 43.5. The standard InChI is InChI=1S/C55H90O5/c1-4-7-10-13-16-19-21-23-25-27-28-29-30-32-34-37-39-42-45-48-54(56)59-52-53(60-55(57)49-46-43-40-36-18-15-12-9-6-3)51-58-50-47-44-41-38-35-33-31-26-24-22-20-17-14-11-8-5-2/h7-8,10-11,16-17,19-20,23-26,28-29,32,34,39,42,53H,4-6,9,12-15,18,21-22,27,30-31,33,35-38,40-41,43-52H2,1-3H3/b10-7-,11-8-,19-16-,20-17-,25-23-,26-24-,29-28-,34-32-,42-39-. The van der Waals surface area contributed by atoms with E-state index in [1.165, 1.54) is 64.2 Å². The van der Waals surface area contributed by atoms with Crippen molar-refractivity contribution in [1.82, 2.24) is 0 Å². The SMILES string of the molecule is CC/C=C\C/C=C\C/C=C\C/C=C\C/C=C\C/C=C\CCC(=O)OCC(COCCCCCCCC/C=C\C/C=C\C/C=C\CC)OC(=O)CCCCCCCCCCC. The predicted octanol–water partition coefficient (Wildman–Crippen LogP) is 16.4. The van der Waals surface area contributed by atoms with Crippen LogP contribution in [0.2, 0.25) is 0 Å². The summed E-state index contributed by atoms with van der Waals surface area (Å²) >= 11 is 0. The van der Waals surface area contributed by atoms with Crippen LogP contribution in [0.4, 0.5) is 0 Å². The first kappa shape index (κ1) is 56.6. The molecule has 5 heteroatoms. The molecule has 0 aromatic heterocycles. The molecule has 0 spiro atoms. The van der Waals surface area contributed by atoms with Crippen LogP contribution < -0.4 is 0 Å². The van der Waals surface area contributed by atoms with Gasteiger partial charge in [0.1, 0.15) is 6.61 Å². The number of ether oxygens (including phenoxy) is 3. The van der Waals surface area contributed by atoms with Crippen LogP contribution in [0.3, 0.4) is 0 Å². The van der Waals surface area contributed by atoms with Gasteiger partial charge < -0.3 is 14.2 Å². The van der Waals surface area contributed by atoms with Gasteiger partial charge in [-0.05, 0) is 89.9 Å². The van der Waals surface area contributed by atoms with E-state index in [2.05, 4.69) is 124 Å². The van der Waals surface area contributed by atoms with E-state index in [0.29, 0.717) is 25.9 Å². The number of unbranched alkanes of at least 4 members (excludes halogenated alkanes) is 14. The molecule has 0 bridgehead atoms. The normalized spacial score (nSPS) is 13.2. The van der Waals surface area contributed by atoms with Crippen molar-refractivity contribution in [2.75, 3.05) is 19.8 Å². The van der Waals surface area contributed by atoms with E-state index in [-0.39, 0.29) is 25.2 Å². The highest BCUT2D eigenvalue weighted by atomic mass is 16.6. The van der Waals surface area contributed by atoms with Gasteiger partial charge in [0.2, 0.25) is 0 Å². The number of carbonyl (C=O) groups is 2. The lowest BCUT2D eigenvalue weighted by Gasteiger charge is -2.18. The molecule has 0 amide bonds. The summed E-state index contributed by atoms with van der Waals surface area (Å²) in [5.41, 5.74) is 0. The van der Waals surface area contributed by atoms with Crippen molar-refractivity contribution in [2.24, 2.45) is 0 Å². The summed E-state index contributed by atoms with van der Waals surface area (Å²) < 4.78 is 17.3. The Morgan fingerprint density at radius 3 is 1.27 bits per heavy atom. The smallest absolute Gasteiger partial charge is 0.306 e. The van der Waals surface area contributed by atoms with Gasteiger partial charge in [0, 0.05) is 19.4 Å². The van der Waals surface area contributed by atoms with Gasteiger partial charge in [0.05, 0.1) is 6.61 Å². The fraction of sp³-hybridized carbons (Fsp3) is 0.636. The van der Waals surface area contributed by atoms with Crippen molar-refractivity contribution in [3.05, 3.63) is 109 Å². The summed E-state index contributed by atoms with van der Waals surface area (Å²) in [6.45, 7) is 7.46. The summed E-state index contributed by atoms with van der Waals surface area (Å²) in [4.78, 5) is 25.2. The zero-order valence-electron chi connectivity index (χ0n) is 38.9. The van der Waals surface area contributed by atoms with Crippen molar-refractivity contribution in [3.63, 3.8) is 0 Å². The van der Waals surface area contributed by atoms with Gasteiger partial charge in [0.25, 0.3) is 0 Å². The molecule has 0 aliphatic carbocycles. The van der Waals surface area contributed by atoms with Crippen LogP contribution in [0.15, 0.2) is 109 Å². The average Bonchev–Trinajstić information content (AvgIpc) is 3.25. The van der Waals surface area contributed by atoms with Gasteiger partial charge in [-0.15, -0.1) is 0 Å². The Labute approximate surface area is 370 Å². The van der Waals surface area contributed by atoms with E-state index < -0.39 is 6.10 Å². The maximum Gasteiger partial charge on any atom is 0.306 e. The molecule has 0 aromatic carbocycles.